The Labute approximate surface area is 122 Å². The SMILES string of the molecule is CC(N)C(C)C(=O)N1CCCC(C)(c2ccccc2)C1. The van der Waals surface area contributed by atoms with Crippen LogP contribution in [0.25, 0.3) is 0 Å². The van der Waals surface area contributed by atoms with Gasteiger partial charge < -0.3 is 10.6 Å². The van der Waals surface area contributed by atoms with Gasteiger partial charge in [-0.1, -0.05) is 44.2 Å². The maximum atomic E-state index is 12.5. The molecule has 1 amide bonds. The predicted molar refractivity (Wildman–Crippen MR) is 82.4 cm³/mol. The first-order valence-electron chi connectivity index (χ1n) is 7.54. The van der Waals surface area contributed by atoms with Crippen LogP contribution in [0.2, 0.25) is 0 Å². The Balaban J connectivity index is 2.14. The first kappa shape index (κ1) is 15.0. The van der Waals surface area contributed by atoms with E-state index in [0.717, 1.165) is 25.9 Å². The van der Waals surface area contributed by atoms with Gasteiger partial charge in [-0.3, -0.25) is 4.79 Å². The van der Waals surface area contributed by atoms with E-state index in [1.54, 1.807) is 0 Å². The Morgan fingerprint density at radius 2 is 1.95 bits per heavy atom. The number of piperidine rings is 1. The maximum Gasteiger partial charge on any atom is 0.226 e. The molecule has 0 radical (unpaired) electrons. The van der Waals surface area contributed by atoms with Gasteiger partial charge in [0, 0.05) is 24.5 Å². The number of hydrogen-bond donors (Lipinski definition) is 1. The molecule has 1 fully saturated rings. The molecule has 110 valence electrons. The minimum atomic E-state index is -0.104. The fraction of sp³-hybridized carbons (Fsp3) is 0.588. The minimum Gasteiger partial charge on any atom is -0.342 e. The highest BCUT2D eigenvalue weighted by Crippen LogP contribution is 2.34. The largest absolute Gasteiger partial charge is 0.342 e. The third-order valence-electron chi connectivity index (χ3n) is 4.66. The van der Waals surface area contributed by atoms with Gasteiger partial charge in [0.15, 0.2) is 0 Å². The summed E-state index contributed by atoms with van der Waals surface area (Å²) in [6, 6.07) is 10.4. The Hall–Kier alpha value is -1.35. The van der Waals surface area contributed by atoms with E-state index in [0.29, 0.717) is 0 Å². The van der Waals surface area contributed by atoms with Gasteiger partial charge >= 0.3 is 0 Å². The molecule has 0 aliphatic carbocycles. The Kier molecular flexibility index (Phi) is 4.48. The number of carbonyl (C=O) groups excluding carboxylic acids is 1. The lowest BCUT2D eigenvalue weighted by Crippen LogP contribution is -2.50. The molecule has 1 aromatic rings. The summed E-state index contributed by atoms with van der Waals surface area (Å²) in [6.07, 6.45) is 2.19. The first-order chi connectivity index (χ1) is 9.44. The second-order valence-electron chi connectivity index (χ2n) is 6.44. The fourth-order valence-electron chi connectivity index (χ4n) is 3.02. The van der Waals surface area contributed by atoms with Crippen molar-refractivity contribution in [3.8, 4) is 0 Å². The standard InChI is InChI=1S/C17H26N2O/c1-13(14(2)18)16(20)19-11-7-10-17(3,12-19)15-8-5-4-6-9-15/h4-6,8-9,13-14H,7,10-12,18H2,1-3H3. The van der Waals surface area contributed by atoms with Crippen molar-refractivity contribution < 1.29 is 4.79 Å². The average molecular weight is 274 g/mol. The number of rotatable bonds is 3. The summed E-state index contributed by atoms with van der Waals surface area (Å²) in [6.45, 7) is 7.76. The maximum absolute atomic E-state index is 12.5. The predicted octanol–water partition coefficient (Wildman–Crippen LogP) is 2.55. The van der Waals surface area contributed by atoms with Crippen LogP contribution in [-0.4, -0.2) is 29.9 Å². The zero-order chi connectivity index (χ0) is 14.8. The average Bonchev–Trinajstić information content (AvgIpc) is 2.46. The summed E-state index contributed by atoms with van der Waals surface area (Å²) in [5.74, 6) is 0.0926. The van der Waals surface area contributed by atoms with E-state index in [4.69, 9.17) is 5.73 Å². The molecule has 3 atom stereocenters. The monoisotopic (exact) mass is 274 g/mol. The molecule has 0 spiro atoms. The molecule has 1 aromatic carbocycles. The number of nitrogens with zero attached hydrogens (tertiary/aromatic N) is 1. The van der Waals surface area contributed by atoms with E-state index in [2.05, 4.69) is 31.2 Å². The lowest BCUT2D eigenvalue weighted by atomic mass is 9.75. The van der Waals surface area contributed by atoms with Gasteiger partial charge in [-0.2, -0.15) is 0 Å². The summed E-state index contributed by atoms with van der Waals surface area (Å²) in [4.78, 5) is 14.5. The summed E-state index contributed by atoms with van der Waals surface area (Å²) < 4.78 is 0. The molecule has 0 saturated carbocycles. The Morgan fingerprint density at radius 1 is 1.30 bits per heavy atom. The molecule has 20 heavy (non-hydrogen) atoms. The summed E-state index contributed by atoms with van der Waals surface area (Å²) in [7, 11) is 0. The smallest absolute Gasteiger partial charge is 0.226 e. The third-order valence-corrected chi connectivity index (χ3v) is 4.66. The van der Waals surface area contributed by atoms with Crippen molar-refractivity contribution in [1.82, 2.24) is 4.90 Å². The van der Waals surface area contributed by atoms with Crippen molar-refractivity contribution in [2.75, 3.05) is 13.1 Å². The highest BCUT2D eigenvalue weighted by Gasteiger charge is 2.36. The van der Waals surface area contributed by atoms with Gasteiger partial charge in [0.2, 0.25) is 5.91 Å². The number of amides is 1. The van der Waals surface area contributed by atoms with E-state index < -0.39 is 0 Å². The van der Waals surface area contributed by atoms with Crippen LogP contribution in [0.4, 0.5) is 0 Å². The molecular weight excluding hydrogens is 248 g/mol. The van der Waals surface area contributed by atoms with E-state index in [1.807, 2.05) is 24.8 Å². The highest BCUT2D eigenvalue weighted by molar-refractivity contribution is 5.79. The van der Waals surface area contributed by atoms with Crippen LogP contribution < -0.4 is 5.73 Å². The van der Waals surface area contributed by atoms with Gasteiger partial charge in [0.25, 0.3) is 0 Å². The third kappa shape index (κ3) is 3.04. The van der Waals surface area contributed by atoms with E-state index in [9.17, 15) is 4.79 Å². The number of nitrogens with two attached hydrogens (primary N) is 1. The van der Waals surface area contributed by atoms with Crippen LogP contribution in [0, 0.1) is 5.92 Å². The van der Waals surface area contributed by atoms with Crippen LogP contribution in [-0.2, 0) is 10.2 Å². The van der Waals surface area contributed by atoms with Crippen molar-refractivity contribution in [3.63, 3.8) is 0 Å². The molecule has 1 aliphatic heterocycles. The van der Waals surface area contributed by atoms with Gasteiger partial charge in [-0.05, 0) is 25.3 Å². The lowest BCUT2D eigenvalue weighted by molar-refractivity contribution is -0.137. The van der Waals surface area contributed by atoms with Crippen LogP contribution in [0.3, 0.4) is 0 Å². The molecule has 1 heterocycles. The second-order valence-corrected chi connectivity index (χ2v) is 6.44. The zero-order valence-corrected chi connectivity index (χ0v) is 12.8. The normalized spacial score (nSPS) is 26.1. The fourth-order valence-corrected chi connectivity index (χ4v) is 3.02. The minimum absolute atomic E-state index is 0.0622. The topological polar surface area (TPSA) is 46.3 Å². The van der Waals surface area contributed by atoms with Gasteiger partial charge in [0.05, 0.1) is 5.92 Å². The number of benzene rings is 1. The molecule has 0 aromatic heterocycles. The van der Waals surface area contributed by atoms with E-state index in [1.165, 1.54) is 5.56 Å². The van der Waals surface area contributed by atoms with Crippen molar-refractivity contribution in [3.05, 3.63) is 35.9 Å². The van der Waals surface area contributed by atoms with Crippen molar-refractivity contribution in [1.29, 1.82) is 0 Å². The molecule has 3 unspecified atom stereocenters. The summed E-state index contributed by atoms with van der Waals surface area (Å²) >= 11 is 0. The van der Waals surface area contributed by atoms with Crippen LogP contribution in [0.1, 0.15) is 39.2 Å². The van der Waals surface area contributed by atoms with Gasteiger partial charge in [0.1, 0.15) is 0 Å². The van der Waals surface area contributed by atoms with Gasteiger partial charge in [-0.15, -0.1) is 0 Å². The molecule has 0 bridgehead atoms. The number of likely N-dealkylation sites (tertiary alicyclic amines) is 1. The first-order valence-corrected chi connectivity index (χ1v) is 7.54. The summed E-state index contributed by atoms with van der Waals surface area (Å²) in [5.41, 5.74) is 7.26. The lowest BCUT2D eigenvalue weighted by Gasteiger charge is -2.42. The molecule has 1 aliphatic rings. The molecule has 2 rings (SSSR count). The second kappa shape index (κ2) is 5.96. The zero-order valence-electron chi connectivity index (χ0n) is 12.8. The van der Waals surface area contributed by atoms with Crippen LogP contribution in [0.15, 0.2) is 30.3 Å². The molecule has 3 heteroatoms. The van der Waals surface area contributed by atoms with Gasteiger partial charge in [-0.25, -0.2) is 0 Å². The molecule has 2 N–H and O–H groups in total. The number of hydrogen-bond acceptors (Lipinski definition) is 2. The van der Waals surface area contributed by atoms with Crippen molar-refractivity contribution in [2.24, 2.45) is 11.7 Å². The number of carbonyl (C=O) groups is 1. The van der Waals surface area contributed by atoms with E-state index >= 15 is 0 Å². The van der Waals surface area contributed by atoms with Crippen LogP contribution >= 0.6 is 0 Å². The molecule has 1 saturated heterocycles. The molecular formula is C17H26N2O. The van der Waals surface area contributed by atoms with Crippen molar-refractivity contribution in [2.45, 2.75) is 45.1 Å². The molecule has 3 nitrogen and oxygen atoms in total. The van der Waals surface area contributed by atoms with Crippen LogP contribution in [0.5, 0.6) is 0 Å². The highest BCUT2D eigenvalue weighted by atomic mass is 16.2. The Bertz CT molecular complexity index is 457. The summed E-state index contributed by atoms with van der Waals surface area (Å²) in [5, 5.41) is 0. The van der Waals surface area contributed by atoms with E-state index in [-0.39, 0.29) is 23.3 Å². The Morgan fingerprint density at radius 3 is 2.55 bits per heavy atom. The van der Waals surface area contributed by atoms with Crippen molar-refractivity contribution >= 4 is 5.91 Å². The quantitative estimate of drug-likeness (QED) is 0.920.